The van der Waals surface area contributed by atoms with Gasteiger partial charge in [0.25, 0.3) is 11.5 Å². The molecular formula is C31H32F4N6O4. The maximum atomic E-state index is 14.9. The molecule has 14 heteroatoms. The standard InChI is InChI=1S/C31H32F4N6O4/c1-19-27(39-14-12-38(13-15-39)16-21-10-11-26(45-21)28(37)42)29(43)41(18-25(36)20-6-3-2-4-7-20)30(44)40(19)17-22-23(31(33,34)35)8-5-9-24(22)32/h2-11,25H,12-18,36H2,1H3,(H2,37,42)/t25-/m0/s1. The Morgan fingerprint density at radius 3 is 2.24 bits per heavy atom. The maximum absolute atomic E-state index is 14.9. The largest absolute Gasteiger partial charge is 0.455 e. The van der Waals surface area contributed by atoms with E-state index in [4.69, 9.17) is 15.9 Å². The number of carbonyl (C=O) groups excluding carboxylic acids is 1. The molecule has 1 fully saturated rings. The van der Waals surface area contributed by atoms with Gasteiger partial charge in [-0.2, -0.15) is 13.2 Å². The second-order valence-electron chi connectivity index (χ2n) is 10.9. The minimum Gasteiger partial charge on any atom is -0.455 e. The summed E-state index contributed by atoms with van der Waals surface area (Å²) in [6, 6.07) is 13.7. The number of piperazine rings is 1. The van der Waals surface area contributed by atoms with E-state index in [2.05, 4.69) is 0 Å². The zero-order chi connectivity index (χ0) is 32.5. The van der Waals surface area contributed by atoms with Gasteiger partial charge in [0.1, 0.15) is 17.3 Å². The fraction of sp³-hybridized carbons (Fsp3) is 0.323. The molecule has 4 N–H and O–H groups in total. The number of amides is 1. The van der Waals surface area contributed by atoms with Crippen molar-refractivity contribution in [3.8, 4) is 0 Å². The lowest BCUT2D eigenvalue weighted by Crippen LogP contribution is -2.51. The van der Waals surface area contributed by atoms with Gasteiger partial charge in [0.15, 0.2) is 5.76 Å². The van der Waals surface area contributed by atoms with Gasteiger partial charge in [-0.05, 0) is 36.8 Å². The first-order valence-electron chi connectivity index (χ1n) is 14.2. The molecule has 2 aromatic heterocycles. The summed E-state index contributed by atoms with van der Waals surface area (Å²) in [5.74, 6) is -1.23. The Bertz CT molecular complexity index is 1810. The van der Waals surface area contributed by atoms with Crippen LogP contribution < -0.4 is 27.6 Å². The third kappa shape index (κ3) is 6.71. The lowest BCUT2D eigenvalue weighted by Gasteiger charge is -2.36. The average molecular weight is 629 g/mol. The minimum absolute atomic E-state index is 0.0410. The Morgan fingerprint density at radius 2 is 1.62 bits per heavy atom. The summed E-state index contributed by atoms with van der Waals surface area (Å²) in [5.41, 5.74) is 9.06. The average Bonchev–Trinajstić information content (AvgIpc) is 3.48. The topological polar surface area (TPSA) is 133 Å². The molecule has 45 heavy (non-hydrogen) atoms. The number of hydrogen-bond donors (Lipinski definition) is 2. The summed E-state index contributed by atoms with van der Waals surface area (Å²) in [6.07, 6.45) is -4.87. The second kappa shape index (κ2) is 12.7. The van der Waals surface area contributed by atoms with Crippen molar-refractivity contribution in [1.29, 1.82) is 0 Å². The van der Waals surface area contributed by atoms with Gasteiger partial charge in [-0.15, -0.1) is 0 Å². The quantitative estimate of drug-likeness (QED) is 0.272. The van der Waals surface area contributed by atoms with Crippen molar-refractivity contribution in [3.05, 3.63) is 121 Å². The van der Waals surface area contributed by atoms with Crippen molar-refractivity contribution in [1.82, 2.24) is 14.0 Å². The molecule has 1 atom stereocenters. The second-order valence-corrected chi connectivity index (χ2v) is 10.9. The fourth-order valence-electron chi connectivity index (χ4n) is 5.59. The van der Waals surface area contributed by atoms with E-state index in [0.717, 1.165) is 27.3 Å². The highest BCUT2D eigenvalue weighted by atomic mass is 19.4. The number of benzene rings is 2. The molecule has 10 nitrogen and oxygen atoms in total. The number of alkyl halides is 3. The SMILES string of the molecule is Cc1c(N2CCN(Cc3ccc(C(N)=O)o3)CC2)c(=O)n(C[C@H](N)c2ccccc2)c(=O)n1Cc1c(F)cccc1C(F)(F)F. The van der Waals surface area contributed by atoms with Crippen LogP contribution in [0, 0.1) is 12.7 Å². The van der Waals surface area contributed by atoms with E-state index >= 15 is 0 Å². The molecule has 1 amide bonds. The number of aromatic nitrogens is 2. The Morgan fingerprint density at radius 1 is 0.933 bits per heavy atom. The third-order valence-corrected chi connectivity index (χ3v) is 7.98. The molecule has 0 spiro atoms. The van der Waals surface area contributed by atoms with E-state index in [-0.39, 0.29) is 23.7 Å². The number of hydrogen-bond acceptors (Lipinski definition) is 7. The molecule has 3 heterocycles. The van der Waals surface area contributed by atoms with Gasteiger partial charge in [0, 0.05) is 43.5 Å². The summed E-state index contributed by atoms with van der Waals surface area (Å²) in [4.78, 5) is 42.9. The van der Waals surface area contributed by atoms with Crippen LogP contribution in [0.15, 0.2) is 74.7 Å². The van der Waals surface area contributed by atoms with Gasteiger partial charge in [-0.25, -0.2) is 9.18 Å². The predicted molar refractivity (Wildman–Crippen MR) is 158 cm³/mol. The third-order valence-electron chi connectivity index (χ3n) is 7.98. The molecule has 1 aliphatic rings. The number of furan rings is 1. The van der Waals surface area contributed by atoms with Crippen molar-refractivity contribution in [2.75, 3.05) is 31.1 Å². The van der Waals surface area contributed by atoms with E-state index in [1.54, 1.807) is 41.3 Å². The smallest absolute Gasteiger partial charge is 0.416 e. The number of rotatable bonds is 9. The highest BCUT2D eigenvalue weighted by molar-refractivity contribution is 5.89. The van der Waals surface area contributed by atoms with Crippen LogP contribution in [-0.4, -0.2) is 46.1 Å². The zero-order valence-electron chi connectivity index (χ0n) is 24.4. The first-order valence-corrected chi connectivity index (χ1v) is 14.2. The van der Waals surface area contributed by atoms with Crippen molar-refractivity contribution in [3.63, 3.8) is 0 Å². The van der Waals surface area contributed by atoms with Crippen LogP contribution >= 0.6 is 0 Å². The van der Waals surface area contributed by atoms with E-state index < -0.39 is 52.9 Å². The predicted octanol–water partition coefficient (Wildman–Crippen LogP) is 3.24. The van der Waals surface area contributed by atoms with Crippen molar-refractivity contribution in [2.24, 2.45) is 11.5 Å². The fourth-order valence-corrected chi connectivity index (χ4v) is 5.59. The highest BCUT2D eigenvalue weighted by Gasteiger charge is 2.35. The zero-order valence-corrected chi connectivity index (χ0v) is 24.4. The number of primary amides is 1. The van der Waals surface area contributed by atoms with E-state index in [0.29, 0.717) is 44.0 Å². The highest BCUT2D eigenvalue weighted by Crippen LogP contribution is 2.33. The number of carbonyl (C=O) groups is 1. The van der Waals surface area contributed by atoms with E-state index in [1.807, 2.05) is 4.90 Å². The van der Waals surface area contributed by atoms with Crippen LogP contribution in [0.25, 0.3) is 0 Å². The molecular weight excluding hydrogens is 596 g/mol. The molecule has 0 radical (unpaired) electrons. The van der Waals surface area contributed by atoms with Crippen LogP contribution in [0.3, 0.4) is 0 Å². The Balaban J connectivity index is 1.52. The van der Waals surface area contributed by atoms with Crippen LogP contribution in [-0.2, 0) is 25.8 Å². The Kier molecular flexibility index (Phi) is 8.98. The molecule has 4 aromatic rings. The van der Waals surface area contributed by atoms with Crippen molar-refractivity contribution in [2.45, 2.75) is 38.8 Å². The van der Waals surface area contributed by atoms with Crippen LogP contribution in [0.5, 0.6) is 0 Å². The maximum Gasteiger partial charge on any atom is 0.416 e. The normalized spacial score (nSPS) is 14.9. The Labute approximate surface area is 255 Å². The summed E-state index contributed by atoms with van der Waals surface area (Å²) in [7, 11) is 0. The van der Waals surface area contributed by atoms with Gasteiger partial charge < -0.3 is 20.8 Å². The van der Waals surface area contributed by atoms with E-state index in [1.165, 1.54) is 13.0 Å². The van der Waals surface area contributed by atoms with Crippen LogP contribution in [0.2, 0.25) is 0 Å². The van der Waals surface area contributed by atoms with Crippen LogP contribution in [0.1, 0.15) is 44.7 Å². The number of anilines is 1. The van der Waals surface area contributed by atoms with Crippen molar-refractivity contribution >= 4 is 11.6 Å². The summed E-state index contributed by atoms with van der Waals surface area (Å²) < 4.78 is 63.9. The summed E-state index contributed by atoms with van der Waals surface area (Å²) in [5, 5.41) is 0. The van der Waals surface area contributed by atoms with Gasteiger partial charge >= 0.3 is 11.9 Å². The van der Waals surface area contributed by atoms with Crippen molar-refractivity contribution < 1.29 is 26.8 Å². The van der Waals surface area contributed by atoms with E-state index in [9.17, 15) is 31.9 Å². The Hall–Kier alpha value is -4.69. The van der Waals surface area contributed by atoms with Gasteiger partial charge in [-0.1, -0.05) is 36.4 Å². The summed E-state index contributed by atoms with van der Waals surface area (Å²) in [6.45, 7) is 2.42. The van der Waals surface area contributed by atoms with Gasteiger partial charge in [-0.3, -0.25) is 23.6 Å². The molecule has 5 rings (SSSR count). The number of nitrogens with zero attached hydrogens (tertiary/aromatic N) is 4. The molecule has 1 saturated heterocycles. The lowest BCUT2D eigenvalue weighted by molar-refractivity contribution is -0.138. The molecule has 0 unspecified atom stereocenters. The molecule has 0 bridgehead atoms. The first kappa shape index (κ1) is 31.7. The molecule has 2 aromatic carbocycles. The minimum atomic E-state index is -4.87. The monoisotopic (exact) mass is 628 g/mol. The first-order chi connectivity index (χ1) is 21.3. The number of nitrogens with two attached hydrogens (primary N) is 2. The van der Waals surface area contributed by atoms with Gasteiger partial charge in [0.2, 0.25) is 0 Å². The van der Waals surface area contributed by atoms with Gasteiger partial charge in [0.05, 0.1) is 25.2 Å². The lowest BCUT2D eigenvalue weighted by atomic mass is 10.1. The van der Waals surface area contributed by atoms with Crippen LogP contribution in [0.4, 0.5) is 23.2 Å². The molecule has 0 saturated carbocycles. The summed E-state index contributed by atoms with van der Waals surface area (Å²) >= 11 is 0. The number of halogens is 4. The molecule has 1 aliphatic heterocycles. The molecule has 0 aliphatic carbocycles. The molecule has 238 valence electrons.